The molecule has 0 spiro atoms. The van der Waals surface area contributed by atoms with E-state index in [1.54, 1.807) is 0 Å². The van der Waals surface area contributed by atoms with Crippen LogP contribution in [0.3, 0.4) is 0 Å². The molecule has 1 saturated heterocycles. The Labute approximate surface area is 96.9 Å². The van der Waals surface area contributed by atoms with Crippen LogP contribution in [0.4, 0.5) is 0 Å². The maximum Gasteiger partial charge on any atom is 0.305 e. The van der Waals surface area contributed by atoms with Crippen molar-refractivity contribution in [1.82, 2.24) is 4.90 Å². The summed E-state index contributed by atoms with van der Waals surface area (Å²) in [4.78, 5) is 24.6. The first-order valence-electron chi connectivity index (χ1n) is 6.02. The van der Waals surface area contributed by atoms with Crippen molar-refractivity contribution in [3.8, 4) is 0 Å². The molecule has 92 valence electrons. The van der Waals surface area contributed by atoms with E-state index in [9.17, 15) is 9.59 Å². The number of ether oxygens (including phenoxy) is 1. The minimum Gasteiger partial charge on any atom is -0.469 e. The molecule has 0 aromatic heterocycles. The number of amides is 1. The van der Waals surface area contributed by atoms with Crippen molar-refractivity contribution < 1.29 is 14.3 Å². The highest BCUT2D eigenvalue weighted by Gasteiger charge is 2.23. The van der Waals surface area contributed by atoms with Crippen molar-refractivity contribution in [1.29, 1.82) is 0 Å². The molecule has 0 radical (unpaired) electrons. The predicted octanol–water partition coefficient (Wildman–Crippen LogP) is 1.59. The molecule has 1 aliphatic heterocycles. The normalized spacial score (nSPS) is 17.2. The van der Waals surface area contributed by atoms with Crippen LogP contribution in [0.1, 0.15) is 39.0 Å². The van der Waals surface area contributed by atoms with Crippen molar-refractivity contribution in [3.63, 3.8) is 0 Å². The molecule has 4 heteroatoms. The number of esters is 1. The maximum atomic E-state index is 11.6. The van der Waals surface area contributed by atoms with Gasteiger partial charge in [-0.25, -0.2) is 0 Å². The van der Waals surface area contributed by atoms with Gasteiger partial charge in [0.2, 0.25) is 5.91 Å². The monoisotopic (exact) mass is 227 g/mol. The summed E-state index contributed by atoms with van der Waals surface area (Å²) in [5.74, 6) is 0.496. The van der Waals surface area contributed by atoms with E-state index >= 15 is 0 Å². The standard InChI is InChI=1S/C12H21NO3/c1-3-4-11(14)13-7-5-10(6-8-13)9-12(15)16-2/h10H,3-9H2,1-2H3. The molecule has 0 atom stereocenters. The zero-order chi connectivity index (χ0) is 12.0. The third kappa shape index (κ3) is 3.83. The molecule has 0 unspecified atom stereocenters. The van der Waals surface area contributed by atoms with Crippen molar-refractivity contribution in [2.24, 2.45) is 5.92 Å². The molecular weight excluding hydrogens is 206 g/mol. The molecule has 1 amide bonds. The summed E-state index contributed by atoms with van der Waals surface area (Å²) in [6.45, 7) is 3.60. The van der Waals surface area contributed by atoms with E-state index in [4.69, 9.17) is 0 Å². The third-order valence-electron chi connectivity index (χ3n) is 3.11. The van der Waals surface area contributed by atoms with Gasteiger partial charge in [0.1, 0.15) is 0 Å². The van der Waals surface area contributed by atoms with E-state index in [2.05, 4.69) is 4.74 Å². The van der Waals surface area contributed by atoms with Gasteiger partial charge < -0.3 is 9.64 Å². The van der Waals surface area contributed by atoms with E-state index in [-0.39, 0.29) is 11.9 Å². The Kier molecular flexibility index (Phi) is 5.29. The van der Waals surface area contributed by atoms with Gasteiger partial charge >= 0.3 is 5.97 Å². The highest BCUT2D eigenvalue weighted by atomic mass is 16.5. The lowest BCUT2D eigenvalue weighted by Crippen LogP contribution is -2.38. The summed E-state index contributed by atoms with van der Waals surface area (Å²) >= 11 is 0. The summed E-state index contributed by atoms with van der Waals surface area (Å²) in [5, 5.41) is 0. The molecule has 0 aromatic carbocycles. The van der Waals surface area contributed by atoms with E-state index in [1.165, 1.54) is 7.11 Å². The van der Waals surface area contributed by atoms with Gasteiger partial charge in [0, 0.05) is 25.9 Å². The van der Waals surface area contributed by atoms with Crippen LogP contribution in [0.15, 0.2) is 0 Å². The van der Waals surface area contributed by atoms with Gasteiger partial charge in [-0.3, -0.25) is 9.59 Å². The van der Waals surface area contributed by atoms with Crippen LogP contribution in [0, 0.1) is 5.92 Å². The molecule has 4 nitrogen and oxygen atoms in total. The average Bonchev–Trinajstić information content (AvgIpc) is 2.30. The fourth-order valence-corrected chi connectivity index (χ4v) is 2.08. The summed E-state index contributed by atoms with van der Waals surface area (Å²) in [6.07, 6.45) is 3.88. The molecule has 1 fully saturated rings. The van der Waals surface area contributed by atoms with Crippen molar-refractivity contribution in [2.75, 3.05) is 20.2 Å². The first-order chi connectivity index (χ1) is 7.67. The van der Waals surface area contributed by atoms with E-state index in [0.717, 1.165) is 32.4 Å². The van der Waals surface area contributed by atoms with E-state index in [0.29, 0.717) is 18.8 Å². The highest BCUT2D eigenvalue weighted by molar-refractivity contribution is 5.76. The second kappa shape index (κ2) is 6.51. The predicted molar refractivity (Wildman–Crippen MR) is 60.8 cm³/mol. The minimum atomic E-state index is -0.140. The van der Waals surface area contributed by atoms with E-state index in [1.807, 2.05) is 11.8 Å². The number of piperidine rings is 1. The number of hydrogen-bond donors (Lipinski definition) is 0. The van der Waals surface area contributed by atoms with Gasteiger partial charge in [-0.2, -0.15) is 0 Å². The second-order valence-corrected chi connectivity index (χ2v) is 4.35. The zero-order valence-electron chi connectivity index (χ0n) is 10.2. The van der Waals surface area contributed by atoms with Crippen LogP contribution in [-0.2, 0) is 14.3 Å². The summed E-state index contributed by atoms with van der Waals surface area (Å²) < 4.78 is 4.65. The third-order valence-corrected chi connectivity index (χ3v) is 3.11. The SMILES string of the molecule is CCCC(=O)N1CCC(CC(=O)OC)CC1. The Hall–Kier alpha value is -1.06. The van der Waals surface area contributed by atoms with Crippen LogP contribution < -0.4 is 0 Å². The Morgan fingerprint density at radius 1 is 1.31 bits per heavy atom. The van der Waals surface area contributed by atoms with Gasteiger partial charge in [-0.1, -0.05) is 6.92 Å². The molecule has 0 aliphatic carbocycles. The second-order valence-electron chi connectivity index (χ2n) is 4.35. The molecule has 0 bridgehead atoms. The molecule has 16 heavy (non-hydrogen) atoms. The largest absolute Gasteiger partial charge is 0.469 e. The highest BCUT2D eigenvalue weighted by Crippen LogP contribution is 2.21. The van der Waals surface area contributed by atoms with Gasteiger partial charge in [-0.05, 0) is 25.2 Å². The summed E-state index contributed by atoms with van der Waals surface area (Å²) in [6, 6.07) is 0. The van der Waals surface area contributed by atoms with Gasteiger partial charge in [0.25, 0.3) is 0 Å². The van der Waals surface area contributed by atoms with Crippen molar-refractivity contribution in [3.05, 3.63) is 0 Å². The minimum absolute atomic E-state index is 0.140. The molecule has 0 aromatic rings. The Bertz CT molecular complexity index is 245. The van der Waals surface area contributed by atoms with Crippen LogP contribution in [0.25, 0.3) is 0 Å². The first kappa shape index (κ1) is 13.0. The number of likely N-dealkylation sites (tertiary alicyclic amines) is 1. The number of rotatable bonds is 4. The van der Waals surface area contributed by atoms with E-state index < -0.39 is 0 Å². The Morgan fingerprint density at radius 2 is 1.94 bits per heavy atom. The smallest absolute Gasteiger partial charge is 0.305 e. The van der Waals surface area contributed by atoms with Crippen LogP contribution in [0.5, 0.6) is 0 Å². The first-order valence-corrected chi connectivity index (χ1v) is 6.02. The number of carbonyl (C=O) groups is 2. The Morgan fingerprint density at radius 3 is 2.44 bits per heavy atom. The number of carbonyl (C=O) groups excluding carboxylic acids is 2. The molecule has 1 rings (SSSR count). The van der Waals surface area contributed by atoms with Crippen molar-refractivity contribution >= 4 is 11.9 Å². The van der Waals surface area contributed by atoms with Gasteiger partial charge in [0.15, 0.2) is 0 Å². The number of nitrogens with zero attached hydrogens (tertiary/aromatic N) is 1. The zero-order valence-corrected chi connectivity index (χ0v) is 10.2. The summed E-state index contributed by atoms with van der Waals surface area (Å²) in [5.41, 5.74) is 0. The number of hydrogen-bond acceptors (Lipinski definition) is 3. The Balaban J connectivity index is 2.28. The van der Waals surface area contributed by atoms with Gasteiger partial charge in [-0.15, -0.1) is 0 Å². The molecule has 0 saturated carbocycles. The number of methoxy groups -OCH3 is 1. The van der Waals surface area contributed by atoms with Crippen LogP contribution >= 0.6 is 0 Å². The maximum absolute atomic E-state index is 11.6. The lowest BCUT2D eigenvalue weighted by atomic mass is 9.93. The lowest BCUT2D eigenvalue weighted by Gasteiger charge is -2.31. The molecule has 1 aliphatic rings. The fourth-order valence-electron chi connectivity index (χ4n) is 2.08. The fraction of sp³-hybridized carbons (Fsp3) is 0.833. The molecular formula is C12H21NO3. The molecule has 1 heterocycles. The lowest BCUT2D eigenvalue weighted by molar-refractivity contribution is -0.142. The van der Waals surface area contributed by atoms with Gasteiger partial charge in [0.05, 0.1) is 7.11 Å². The van der Waals surface area contributed by atoms with Crippen LogP contribution in [0.2, 0.25) is 0 Å². The summed E-state index contributed by atoms with van der Waals surface area (Å²) in [7, 11) is 1.42. The topological polar surface area (TPSA) is 46.6 Å². The van der Waals surface area contributed by atoms with Crippen molar-refractivity contribution in [2.45, 2.75) is 39.0 Å². The van der Waals surface area contributed by atoms with Crippen LogP contribution in [-0.4, -0.2) is 37.0 Å². The average molecular weight is 227 g/mol. The quantitative estimate of drug-likeness (QED) is 0.685. The molecule has 0 N–H and O–H groups in total.